The Morgan fingerprint density at radius 1 is 0.536 bits per heavy atom. The van der Waals surface area contributed by atoms with Gasteiger partial charge in [-0.25, -0.2) is 0 Å². The van der Waals surface area contributed by atoms with Crippen molar-refractivity contribution in [3.05, 3.63) is 96.1 Å². The number of fused-ring (bicyclic) bond motifs is 1. The zero-order valence-corrected chi connectivity index (χ0v) is 16.1. The van der Waals surface area contributed by atoms with E-state index in [1.165, 1.54) is 21.9 Å². The molecule has 4 aromatic rings. The minimum absolute atomic E-state index is 0.783. The van der Waals surface area contributed by atoms with Gasteiger partial charge >= 0.3 is 0 Å². The molecule has 0 N–H and O–H groups in total. The number of rotatable bonds is 5. The van der Waals surface area contributed by atoms with E-state index in [-0.39, 0.29) is 0 Å². The predicted molar refractivity (Wildman–Crippen MR) is 118 cm³/mol. The fraction of sp³-hybridized carbons (Fsp3) is 0.0769. The van der Waals surface area contributed by atoms with Crippen molar-refractivity contribution >= 4 is 22.9 Å². The monoisotopic (exact) mass is 366 g/mol. The minimum atomic E-state index is 0.783. The smallest absolute Gasteiger partial charge is 0.123 e. The van der Waals surface area contributed by atoms with Crippen LogP contribution in [0.4, 0.5) is 0 Å². The molecule has 0 aliphatic heterocycles. The van der Waals surface area contributed by atoms with Crippen molar-refractivity contribution in [1.29, 1.82) is 0 Å². The van der Waals surface area contributed by atoms with Crippen molar-refractivity contribution in [2.24, 2.45) is 0 Å². The molecule has 0 saturated heterocycles. The highest BCUT2D eigenvalue weighted by molar-refractivity contribution is 5.87. The molecule has 0 spiro atoms. The first-order valence-corrected chi connectivity index (χ1v) is 9.25. The third kappa shape index (κ3) is 3.91. The Balaban J connectivity index is 1.57. The van der Waals surface area contributed by atoms with E-state index >= 15 is 0 Å². The van der Waals surface area contributed by atoms with E-state index < -0.39 is 0 Å². The highest BCUT2D eigenvalue weighted by Gasteiger charge is 2.01. The van der Waals surface area contributed by atoms with Crippen LogP contribution in [0.5, 0.6) is 11.5 Å². The van der Waals surface area contributed by atoms with Gasteiger partial charge in [0.1, 0.15) is 11.5 Å². The van der Waals surface area contributed by atoms with Crippen LogP contribution in [0.3, 0.4) is 0 Å². The van der Waals surface area contributed by atoms with Crippen molar-refractivity contribution in [3.8, 4) is 22.6 Å². The summed E-state index contributed by atoms with van der Waals surface area (Å²) in [4.78, 5) is 0. The van der Waals surface area contributed by atoms with Gasteiger partial charge < -0.3 is 9.47 Å². The van der Waals surface area contributed by atoms with Crippen molar-refractivity contribution in [2.45, 2.75) is 0 Å². The molecule has 28 heavy (non-hydrogen) atoms. The molecule has 4 aromatic carbocycles. The second kappa shape index (κ2) is 8.01. The molecule has 0 atom stereocenters. The fourth-order valence-electron chi connectivity index (χ4n) is 3.27. The summed E-state index contributed by atoms with van der Waals surface area (Å²) in [7, 11) is 3.32. The first-order valence-electron chi connectivity index (χ1n) is 9.25. The van der Waals surface area contributed by atoms with Crippen LogP contribution in [0.1, 0.15) is 11.1 Å². The van der Waals surface area contributed by atoms with E-state index in [0.717, 1.165) is 22.6 Å². The van der Waals surface area contributed by atoms with Gasteiger partial charge in [-0.2, -0.15) is 0 Å². The van der Waals surface area contributed by atoms with Crippen LogP contribution >= 0.6 is 0 Å². The molecule has 138 valence electrons. The molecule has 4 rings (SSSR count). The first-order chi connectivity index (χ1) is 13.7. The summed E-state index contributed by atoms with van der Waals surface area (Å²) in [6.45, 7) is 0. The van der Waals surface area contributed by atoms with Gasteiger partial charge in [0, 0.05) is 6.07 Å². The largest absolute Gasteiger partial charge is 0.497 e. The van der Waals surface area contributed by atoms with E-state index in [9.17, 15) is 0 Å². The lowest BCUT2D eigenvalue weighted by Crippen LogP contribution is -1.88. The van der Waals surface area contributed by atoms with Gasteiger partial charge in [-0.3, -0.25) is 0 Å². The average Bonchev–Trinajstić information content (AvgIpc) is 2.77. The Morgan fingerprint density at radius 2 is 1.14 bits per heavy atom. The lowest BCUT2D eigenvalue weighted by atomic mass is 10.00. The maximum Gasteiger partial charge on any atom is 0.123 e. The molecule has 0 fully saturated rings. The quantitative estimate of drug-likeness (QED) is 0.366. The molecule has 0 radical (unpaired) electrons. The summed E-state index contributed by atoms with van der Waals surface area (Å²) >= 11 is 0. The lowest BCUT2D eigenvalue weighted by Gasteiger charge is -2.06. The van der Waals surface area contributed by atoms with Crippen LogP contribution in [0.15, 0.2) is 84.9 Å². The van der Waals surface area contributed by atoms with Crippen molar-refractivity contribution in [1.82, 2.24) is 0 Å². The van der Waals surface area contributed by atoms with Crippen molar-refractivity contribution in [2.75, 3.05) is 14.2 Å². The Labute approximate surface area is 165 Å². The lowest BCUT2D eigenvalue weighted by molar-refractivity contribution is 0.394. The van der Waals surface area contributed by atoms with Gasteiger partial charge in [-0.1, -0.05) is 72.8 Å². The number of hydrogen-bond donors (Lipinski definition) is 0. The Bertz CT molecular complexity index is 1100. The van der Waals surface area contributed by atoms with E-state index in [1.54, 1.807) is 14.2 Å². The molecule has 0 aromatic heterocycles. The SMILES string of the molecule is COc1cc(/C=C/c2ccc(-c3ccc4ccccc4c3)cc2)cc(OC)c1. The van der Waals surface area contributed by atoms with Crippen molar-refractivity contribution < 1.29 is 9.47 Å². The summed E-state index contributed by atoms with van der Waals surface area (Å²) in [6.07, 6.45) is 4.16. The first kappa shape index (κ1) is 17.9. The average molecular weight is 366 g/mol. The summed E-state index contributed by atoms with van der Waals surface area (Å²) in [5.74, 6) is 1.57. The van der Waals surface area contributed by atoms with Crippen molar-refractivity contribution in [3.63, 3.8) is 0 Å². The number of methoxy groups -OCH3 is 2. The summed E-state index contributed by atoms with van der Waals surface area (Å²) in [6, 6.07) is 29.5. The standard InChI is InChI=1S/C26H22O2/c1-27-25-15-20(16-26(18-25)28-2)8-7-19-9-11-22(12-10-19)24-14-13-21-5-3-4-6-23(21)17-24/h3-18H,1-2H3/b8-7+. The van der Waals surface area contributed by atoms with Gasteiger partial charge in [0.15, 0.2) is 0 Å². The molecule has 0 heterocycles. The van der Waals surface area contributed by atoms with Crippen LogP contribution in [0.25, 0.3) is 34.1 Å². The van der Waals surface area contributed by atoms with Gasteiger partial charge in [0.25, 0.3) is 0 Å². The molecule has 2 nitrogen and oxygen atoms in total. The van der Waals surface area contributed by atoms with Crippen LogP contribution in [-0.2, 0) is 0 Å². The maximum absolute atomic E-state index is 5.33. The number of ether oxygens (including phenoxy) is 2. The summed E-state index contributed by atoms with van der Waals surface area (Å²) in [5, 5.41) is 2.52. The van der Waals surface area contributed by atoms with E-state index in [1.807, 2.05) is 18.2 Å². The third-order valence-corrected chi connectivity index (χ3v) is 4.84. The number of benzene rings is 4. The molecular formula is C26H22O2. The Morgan fingerprint density at radius 3 is 1.82 bits per heavy atom. The normalized spacial score (nSPS) is 11.1. The zero-order valence-electron chi connectivity index (χ0n) is 16.1. The molecule has 0 saturated carbocycles. The molecular weight excluding hydrogens is 344 g/mol. The van der Waals surface area contributed by atoms with Crippen LogP contribution in [0, 0.1) is 0 Å². The van der Waals surface area contributed by atoms with Gasteiger partial charge in [-0.15, -0.1) is 0 Å². The van der Waals surface area contributed by atoms with Gasteiger partial charge in [-0.05, 0) is 51.2 Å². The maximum atomic E-state index is 5.33. The zero-order chi connectivity index (χ0) is 19.3. The highest BCUT2D eigenvalue weighted by Crippen LogP contribution is 2.26. The second-order valence-electron chi connectivity index (χ2n) is 6.66. The van der Waals surface area contributed by atoms with Crippen LogP contribution in [0.2, 0.25) is 0 Å². The Kier molecular flexibility index (Phi) is 5.11. The second-order valence-corrected chi connectivity index (χ2v) is 6.66. The number of hydrogen-bond acceptors (Lipinski definition) is 2. The van der Waals surface area contributed by atoms with E-state index in [0.29, 0.717) is 0 Å². The molecule has 0 aliphatic carbocycles. The molecule has 2 heteroatoms. The topological polar surface area (TPSA) is 18.5 Å². The summed E-state index contributed by atoms with van der Waals surface area (Å²) < 4.78 is 10.7. The van der Waals surface area contributed by atoms with Gasteiger partial charge in [0.05, 0.1) is 14.2 Å². The van der Waals surface area contributed by atoms with Crippen LogP contribution < -0.4 is 9.47 Å². The minimum Gasteiger partial charge on any atom is -0.497 e. The molecule has 0 amide bonds. The highest BCUT2D eigenvalue weighted by atomic mass is 16.5. The van der Waals surface area contributed by atoms with Gasteiger partial charge in [0.2, 0.25) is 0 Å². The molecule has 0 unspecified atom stereocenters. The van der Waals surface area contributed by atoms with E-state index in [2.05, 4.69) is 78.9 Å². The van der Waals surface area contributed by atoms with Crippen LogP contribution in [-0.4, -0.2) is 14.2 Å². The Hall–Kier alpha value is -3.52. The predicted octanol–water partition coefficient (Wildman–Crippen LogP) is 6.69. The molecule has 0 aliphatic rings. The summed E-state index contributed by atoms with van der Waals surface area (Å²) in [5.41, 5.74) is 4.62. The third-order valence-electron chi connectivity index (χ3n) is 4.84. The molecule has 0 bridgehead atoms. The van der Waals surface area contributed by atoms with E-state index in [4.69, 9.17) is 9.47 Å². The fourth-order valence-corrected chi connectivity index (χ4v) is 3.27.